The van der Waals surface area contributed by atoms with E-state index in [4.69, 9.17) is 4.74 Å². The summed E-state index contributed by atoms with van der Waals surface area (Å²) in [6.45, 7) is 8.04. The Morgan fingerprint density at radius 1 is 1.14 bits per heavy atom. The summed E-state index contributed by atoms with van der Waals surface area (Å²) in [6.07, 6.45) is 16.9. The van der Waals surface area contributed by atoms with Gasteiger partial charge in [0.25, 0.3) is 0 Å². The lowest BCUT2D eigenvalue weighted by atomic mass is 10.0. The van der Waals surface area contributed by atoms with Crippen LogP contribution in [0.3, 0.4) is 0 Å². The number of hydrogen-bond acceptors (Lipinski definition) is 4. The van der Waals surface area contributed by atoms with E-state index in [0.717, 1.165) is 41.5 Å². The molecule has 0 aliphatic heterocycles. The molecule has 1 aromatic carbocycles. The molecule has 0 radical (unpaired) electrons. The fourth-order valence-electron chi connectivity index (χ4n) is 4.12. The van der Waals surface area contributed by atoms with Gasteiger partial charge >= 0.3 is 5.97 Å². The number of allylic oxidation sites excluding steroid dienone is 8. The van der Waals surface area contributed by atoms with E-state index in [-0.39, 0.29) is 18.3 Å². The number of carbonyl (C=O) groups excluding carboxylic acids is 2. The second-order valence-corrected chi connectivity index (χ2v) is 9.21. The first-order chi connectivity index (χ1) is 17.9. The number of anilines is 1. The molecular formula is C32H36N2O3. The van der Waals surface area contributed by atoms with Crippen LogP contribution in [0, 0.1) is 0 Å². The highest BCUT2D eigenvalue weighted by Gasteiger charge is 2.09. The highest BCUT2D eigenvalue weighted by atomic mass is 16.5. The van der Waals surface area contributed by atoms with Crippen molar-refractivity contribution in [2.24, 2.45) is 0 Å². The standard InChI is InChI=1S/C32H36N2O3/c1-5-9-26(13-8-11-24(3)32(36)37-4)29-18-19-30(33-22-29)34-31(35)21-25-14-16-27(17-15-25)28-12-7-6-10-23(2)20-28/h6-7,12-20,22H,3,5,8-11,21H2,1-2,4H3,(H,33,34,35). The third kappa shape index (κ3) is 8.57. The van der Waals surface area contributed by atoms with Gasteiger partial charge in [-0.05, 0) is 72.6 Å². The average Bonchev–Trinajstić information content (AvgIpc) is 3.12. The van der Waals surface area contributed by atoms with Gasteiger partial charge in [0.05, 0.1) is 13.5 Å². The summed E-state index contributed by atoms with van der Waals surface area (Å²) in [6, 6.07) is 11.9. The van der Waals surface area contributed by atoms with Crippen LogP contribution in [0.15, 0.2) is 90.7 Å². The van der Waals surface area contributed by atoms with E-state index in [2.05, 4.69) is 73.2 Å². The molecule has 1 aliphatic rings. The molecule has 0 spiro atoms. The number of methoxy groups -OCH3 is 1. The van der Waals surface area contributed by atoms with E-state index >= 15 is 0 Å². The Balaban J connectivity index is 1.58. The minimum Gasteiger partial charge on any atom is -0.466 e. The molecule has 1 aromatic heterocycles. The number of ether oxygens (including phenoxy) is 1. The molecule has 2 aromatic rings. The molecule has 1 heterocycles. The Bertz CT molecular complexity index is 1230. The van der Waals surface area contributed by atoms with Crippen molar-refractivity contribution in [3.63, 3.8) is 0 Å². The smallest absolute Gasteiger partial charge is 0.333 e. The molecule has 192 valence electrons. The molecule has 3 rings (SSSR count). The first kappa shape index (κ1) is 27.6. The van der Waals surface area contributed by atoms with Crippen molar-refractivity contribution in [2.45, 2.75) is 52.4 Å². The second kappa shape index (κ2) is 13.9. The van der Waals surface area contributed by atoms with Gasteiger partial charge in [-0.25, -0.2) is 9.78 Å². The van der Waals surface area contributed by atoms with Gasteiger partial charge in [0.2, 0.25) is 5.91 Å². The molecule has 5 nitrogen and oxygen atoms in total. The van der Waals surface area contributed by atoms with Crippen molar-refractivity contribution in [1.29, 1.82) is 0 Å². The zero-order valence-electron chi connectivity index (χ0n) is 22.0. The molecule has 0 atom stereocenters. The van der Waals surface area contributed by atoms with Gasteiger partial charge in [0.1, 0.15) is 5.82 Å². The third-order valence-corrected chi connectivity index (χ3v) is 6.14. The number of rotatable bonds is 11. The Hall–Kier alpha value is -3.99. The minimum absolute atomic E-state index is 0.106. The average molecular weight is 497 g/mol. The van der Waals surface area contributed by atoms with Gasteiger partial charge in [-0.15, -0.1) is 0 Å². The molecule has 1 N–H and O–H groups in total. The number of pyridine rings is 1. The van der Waals surface area contributed by atoms with Crippen LogP contribution in [0.25, 0.3) is 11.1 Å². The van der Waals surface area contributed by atoms with Crippen LogP contribution in [0.2, 0.25) is 0 Å². The second-order valence-electron chi connectivity index (χ2n) is 9.21. The molecule has 1 aliphatic carbocycles. The number of benzene rings is 1. The number of nitrogens with zero attached hydrogens (tertiary/aromatic N) is 1. The topological polar surface area (TPSA) is 68.3 Å². The minimum atomic E-state index is -0.371. The van der Waals surface area contributed by atoms with Crippen LogP contribution in [-0.2, 0) is 20.7 Å². The lowest BCUT2D eigenvalue weighted by Gasteiger charge is -2.10. The first-order valence-electron chi connectivity index (χ1n) is 12.7. The van der Waals surface area contributed by atoms with E-state index in [1.54, 1.807) is 6.20 Å². The lowest BCUT2D eigenvalue weighted by Crippen LogP contribution is -2.15. The van der Waals surface area contributed by atoms with E-state index < -0.39 is 0 Å². The molecule has 5 heteroatoms. The van der Waals surface area contributed by atoms with Crippen molar-refractivity contribution in [1.82, 2.24) is 4.98 Å². The molecule has 0 saturated carbocycles. The number of hydrogen-bond donors (Lipinski definition) is 1. The number of esters is 1. The largest absolute Gasteiger partial charge is 0.466 e. The maximum atomic E-state index is 12.6. The van der Waals surface area contributed by atoms with Crippen molar-refractivity contribution in [3.05, 3.63) is 107 Å². The maximum absolute atomic E-state index is 12.6. The molecule has 1 amide bonds. The van der Waals surface area contributed by atoms with Gasteiger partial charge in [0.15, 0.2) is 0 Å². The Morgan fingerprint density at radius 2 is 1.92 bits per heavy atom. The number of amides is 1. The van der Waals surface area contributed by atoms with Crippen LogP contribution >= 0.6 is 0 Å². The summed E-state index contributed by atoms with van der Waals surface area (Å²) < 4.78 is 4.71. The van der Waals surface area contributed by atoms with Crippen LogP contribution in [0.4, 0.5) is 5.82 Å². The van der Waals surface area contributed by atoms with Crippen LogP contribution in [0.1, 0.15) is 62.6 Å². The molecule has 0 bridgehead atoms. The predicted molar refractivity (Wildman–Crippen MR) is 152 cm³/mol. The first-order valence-corrected chi connectivity index (χ1v) is 12.7. The zero-order chi connectivity index (χ0) is 26.6. The Kier molecular flexibility index (Phi) is 10.4. The number of nitrogens with one attached hydrogen (secondary N) is 1. The Morgan fingerprint density at radius 3 is 2.59 bits per heavy atom. The Labute approximate surface area is 220 Å². The number of aromatic nitrogens is 1. The summed E-state index contributed by atoms with van der Waals surface area (Å²) in [7, 11) is 1.36. The quantitative estimate of drug-likeness (QED) is 0.263. The molecule has 0 saturated heterocycles. The van der Waals surface area contributed by atoms with E-state index in [9.17, 15) is 9.59 Å². The fraction of sp³-hybridized carbons (Fsp3) is 0.281. The SMILES string of the molecule is C=C(CCC=C(CCC)c1ccc(NC(=O)Cc2ccc(C3=CC=CCC(C)=C3)cc2)nc1)C(=O)OC. The van der Waals surface area contributed by atoms with E-state index in [1.807, 2.05) is 24.3 Å². The molecule has 0 unspecified atom stereocenters. The van der Waals surface area contributed by atoms with Crippen LogP contribution < -0.4 is 5.32 Å². The highest BCUT2D eigenvalue weighted by Crippen LogP contribution is 2.24. The summed E-state index contributed by atoms with van der Waals surface area (Å²) >= 11 is 0. The zero-order valence-corrected chi connectivity index (χ0v) is 22.0. The van der Waals surface area contributed by atoms with Crippen LogP contribution in [-0.4, -0.2) is 24.0 Å². The normalized spacial score (nSPS) is 13.3. The fourth-order valence-corrected chi connectivity index (χ4v) is 4.12. The third-order valence-electron chi connectivity index (χ3n) is 6.14. The van der Waals surface area contributed by atoms with Gasteiger partial charge in [-0.2, -0.15) is 0 Å². The highest BCUT2D eigenvalue weighted by molar-refractivity contribution is 5.91. The monoisotopic (exact) mass is 496 g/mol. The molecule has 37 heavy (non-hydrogen) atoms. The summed E-state index contributed by atoms with van der Waals surface area (Å²) in [5.74, 6) is 0.0483. The van der Waals surface area contributed by atoms with Gasteiger partial charge in [-0.3, -0.25) is 4.79 Å². The van der Waals surface area contributed by atoms with Gasteiger partial charge in [-0.1, -0.05) is 80.1 Å². The van der Waals surface area contributed by atoms with Crippen molar-refractivity contribution >= 4 is 28.8 Å². The summed E-state index contributed by atoms with van der Waals surface area (Å²) in [5.41, 5.74) is 7.22. The van der Waals surface area contributed by atoms with Gasteiger partial charge < -0.3 is 10.1 Å². The van der Waals surface area contributed by atoms with Gasteiger partial charge in [0, 0.05) is 11.8 Å². The van der Waals surface area contributed by atoms with Crippen molar-refractivity contribution in [2.75, 3.05) is 12.4 Å². The maximum Gasteiger partial charge on any atom is 0.333 e. The van der Waals surface area contributed by atoms with Crippen molar-refractivity contribution in [3.8, 4) is 0 Å². The predicted octanol–water partition coefficient (Wildman–Crippen LogP) is 7.25. The molecular weight excluding hydrogens is 460 g/mol. The van der Waals surface area contributed by atoms with E-state index in [0.29, 0.717) is 24.2 Å². The summed E-state index contributed by atoms with van der Waals surface area (Å²) in [5, 5.41) is 2.90. The molecule has 0 fully saturated rings. The van der Waals surface area contributed by atoms with Crippen molar-refractivity contribution < 1.29 is 14.3 Å². The van der Waals surface area contributed by atoms with Crippen LogP contribution in [0.5, 0.6) is 0 Å². The lowest BCUT2D eigenvalue weighted by molar-refractivity contribution is -0.136. The van der Waals surface area contributed by atoms with E-state index in [1.165, 1.54) is 18.3 Å². The summed E-state index contributed by atoms with van der Waals surface area (Å²) in [4.78, 5) is 28.6. The number of carbonyl (C=O) groups is 2.